The highest BCUT2D eigenvalue weighted by molar-refractivity contribution is 5.99. The van der Waals surface area contributed by atoms with E-state index in [0.717, 1.165) is 6.07 Å². The second-order valence-corrected chi connectivity index (χ2v) is 11.8. The summed E-state index contributed by atoms with van der Waals surface area (Å²) in [6.07, 6.45) is -3.42. The number of methoxy groups -OCH3 is 1. The number of carbonyl (C=O) groups is 3. The maximum Gasteiger partial charge on any atom is 0.490 e. The van der Waals surface area contributed by atoms with Gasteiger partial charge in [0.05, 0.1) is 18.0 Å². The number of carboxylic acids is 1. The van der Waals surface area contributed by atoms with Gasteiger partial charge < -0.3 is 25.6 Å². The van der Waals surface area contributed by atoms with Gasteiger partial charge in [0, 0.05) is 43.7 Å². The summed E-state index contributed by atoms with van der Waals surface area (Å²) in [7, 11) is 1.58. The van der Waals surface area contributed by atoms with Crippen LogP contribution in [0.15, 0.2) is 17.1 Å². The summed E-state index contributed by atoms with van der Waals surface area (Å²) in [5.74, 6) is -5.00. The number of nitrogens with two attached hydrogens (primary N) is 1. The number of fused-ring (bicyclic) bond motifs is 1. The van der Waals surface area contributed by atoms with Gasteiger partial charge in [0.1, 0.15) is 11.4 Å². The van der Waals surface area contributed by atoms with Gasteiger partial charge in [-0.2, -0.15) is 13.2 Å². The third-order valence-electron chi connectivity index (χ3n) is 7.18. The lowest BCUT2D eigenvalue weighted by Crippen LogP contribution is -2.55. The molecule has 234 valence electrons. The van der Waals surface area contributed by atoms with Crippen molar-refractivity contribution in [3.63, 3.8) is 0 Å². The van der Waals surface area contributed by atoms with E-state index in [0.29, 0.717) is 25.9 Å². The molecule has 1 aromatic rings. The smallest absolute Gasteiger partial charge is 0.484 e. The molecule has 0 aromatic heterocycles. The van der Waals surface area contributed by atoms with Gasteiger partial charge >= 0.3 is 12.1 Å². The molecule has 0 saturated heterocycles. The van der Waals surface area contributed by atoms with E-state index in [1.165, 1.54) is 11.0 Å². The first-order valence-corrected chi connectivity index (χ1v) is 13.2. The molecule has 2 aliphatic heterocycles. The lowest BCUT2D eigenvalue weighted by atomic mass is 9.89. The number of ether oxygens (including phenoxy) is 2. The van der Waals surface area contributed by atoms with E-state index in [-0.39, 0.29) is 53.4 Å². The molecule has 3 aliphatic rings. The number of hydrogen-bond acceptors (Lipinski definition) is 7. The average Bonchev–Trinajstić information content (AvgIpc) is 3.61. The quantitative estimate of drug-likeness (QED) is 0.402. The van der Waals surface area contributed by atoms with Crippen molar-refractivity contribution in [1.82, 2.24) is 10.2 Å². The number of nitrogens with one attached hydrogen (secondary N) is 1. The molecule has 1 fully saturated rings. The molecule has 4 rings (SSSR count). The number of aliphatic imine (C=N–C) groups is 1. The fourth-order valence-corrected chi connectivity index (χ4v) is 5.33. The molecule has 1 aromatic carbocycles. The van der Waals surface area contributed by atoms with Gasteiger partial charge in [0.15, 0.2) is 17.5 Å². The van der Waals surface area contributed by atoms with Gasteiger partial charge in [-0.1, -0.05) is 0 Å². The molecule has 15 heteroatoms. The fraction of sp³-hybridized carbons (Fsp3) is 0.630. The summed E-state index contributed by atoms with van der Waals surface area (Å²) in [5, 5.41) is 10.1. The Balaban J connectivity index is 0.000000616. The third kappa shape index (κ3) is 7.86. The zero-order valence-corrected chi connectivity index (χ0v) is 23.8. The van der Waals surface area contributed by atoms with Crippen molar-refractivity contribution in [3.8, 4) is 5.75 Å². The Morgan fingerprint density at radius 1 is 1.26 bits per heavy atom. The number of aliphatic carboxylic acids is 1. The van der Waals surface area contributed by atoms with Crippen LogP contribution in [-0.2, 0) is 19.1 Å². The summed E-state index contributed by atoms with van der Waals surface area (Å²) in [5.41, 5.74) is 5.16. The van der Waals surface area contributed by atoms with Gasteiger partial charge in [-0.05, 0) is 52.5 Å². The van der Waals surface area contributed by atoms with Crippen LogP contribution in [0.5, 0.6) is 5.75 Å². The number of hydrogen-bond donors (Lipinski definition) is 3. The standard InChI is InChI=1S/C25H34F2N4O4.C2HF3O2/c1-24(2)12-20(32)31(23(28)30-24)19(6-7-34-5)14-10-15(14)22(33)29-18-11-25(3,4)35-21-16(18)8-13(26)9-17(21)27;3-2(4,5)1(6)7/h8-9,14-15,18-19H,6-7,10-12H2,1-5H3,(H2,28,30)(H,29,33);(H,6,7)/t14-,15-,18?,19+;/m1./s1. The number of benzene rings is 1. The molecule has 42 heavy (non-hydrogen) atoms. The molecule has 2 heterocycles. The van der Waals surface area contributed by atoms with Crippen molar-refractivity contribution in [2.24, 2.45) is 22.6 Å². The van der Waals surface area contributed by atoms with Crippen LogP contribution in [0.2, 0.25) is 0 Å². The first-order chi connectivity index (χ1) is 19.3. The van der Waals surface area contributed by atoms with E-state index in [4.69, 9.17) is 25.1 Å². The van der Waals surface area contributed by atoms with Crippen molar-refractivity contribution in [2.45, 2.75) is 82.8 Å². The summed E-state index contributed by atoms with van der Waals surface area (Å²) in [6, 6.07) is 1.05. The van der Waals surface area contributed by atoms with Crippen molar-refractivity contribution < 1.29 is 50.9 Å². The SMILES string of the molecule is COCC[C@@H]([C@@H]1C[C@H]1C(=O)NC1CC(C)(C)Oc2c(F)cc(F)cc21)N1C(=O)CC(C)(C)N=C1N.O=C(O)C(F)(F)F. The summed E-state index contributed by atoms with van der Waals surface area (Å²) < 4.78 is 71.1. The predicted molar refractivity (Wildman–Crippen MR) is 139 cm³/mol. The predicted octanol–water partition coefficient (Wildman–Crippen LogP) is 3.68. The van der Waals surface area contributed by atoms with Crippen LogP contribution in [0, 0.1) is 23.5 Å². The van der Waals surface area contributed by atoms with Crippen LogP contribution in [0.4, 0.5) is 22.0 Å². The molecule has 1 aliphatic carbocycles. The Morgan fingerprint density at radius 2 is 1.88 bits per heavy atom. The number of carbonyl (C=O) groups excluding carboxylic acids is 2. The number of alkyl halides is 3. The van der Waals surface area contributed by atoms with Gasteiger partial charge in [-0.15, -0.1) is 0 Å². The van der Waals surface area contributed by atoms with Gasteiger partial charge in [0.2, 0.25) is 11.8 Å². The first kappa shape index (κ1) is 33.0. The molecule has 0 radical (unpaired) electrons. The highest BCUT2D eigenvalue weighted by atomic mass is 19.4. The topological polar surface area (TPSA) is 144 Å². The Kier molecular flexibility index (Phi) is 9.45. The number of nitrogens with zero attached hydrogens (tertiary/aromatic N) is 2. The Bertz CT molecular complexity index is 1250. The first-order valence-electron chi connectivity index (χ1n) is 13.2. The Labute approximate surface area is 239 Å². The Morgan fingerprint density at radius 3 is 2.43 bits per heavy atom. The lowest BCUT2D eigenvalue weighted by Gasteiger charge is -2.38. The van der Waals surface area contributed by atoms with E-state index in [9.17, 15) is 31.5 Å². The van der Waals surface area contributed by atoms with Crippen LogP contribution in [0.1, 0.15) is 65.0 Å². The van der Waals surface area contributed by atoms with E-state index in [1.54, 1.807) is 21.0 Å². The zero-order valence-electron chi connectivity index (χ0n) is 23.8. The summed E-state index contributed by atoms with van der Waals surface area (Å²) in [6.45, 7) is 7.70. The zero-order chi connectivity index (χ0) is 31.8. The second-order valence-electron chi connectivity index (χ2n) is 11.8. The molecular formula is C27H35F5N4O6. The molecule has 10 nitrogen and oxygen atoms in total. The molecule has 2 amide bonds. The molecule has 4 N–H and O–H groups in total. The number of halogens is 5. The monoisotopic (exact) mass is 606 g/mol. The van der Waals surface area contributed by atoms with Crippen molar-refractivity contribution in [1.29, 1.82) is 0 Å². The van der Waals surface area contributed by atoms with Crippen LogP contribution in [0.3, 0.4) is 0 Å². The van der Waals surface area contributed by atoms with Crippen molar-refractivity contribution in [3.05, 3.63) is 29.3 Å². The number of carboxylic acid groups (broad SMARTS) is 1. The van der Waals surface area contributed by atoms with Crippen LogP contribution in [0.25, 0.3) is 0 Å². The number of guanidine groups is 1. The molecule has 4 atom stereocenters. The maximum atomic E-state index is 14.4. The third-order valence-corrected chi connectivity index (χ3v) is 7.18. The van der Waals surface area contributed by atoms with E-state index in [1.807, 2.05) is 13.8 Å². The van der Waals surface area contributed by atoms with Crippen LogP contribution < -0.4 is 15.8 Å². The number of amides is 2. The Hall–Kier alpha value is -3.49. The molecule has 1 unspecified atom stereocenters. The lowest BCUT2D eigenvalue weighted by molar-refractivity contribution is -0.192. The van der Waals surface area contributed by atoms with E-state index >= 15 is 0 Å². The minimum Gasteiger partial charge on any atom is -0.484 e. The van der Waals surface area contributed by atoms with Crippen molar-refractivity contribution >= 4 is 23.7 Å². The molecular weight excluding hydrogens is 571 g/mol. The highest BCUT2D eigenvalue weighted by Crippen LogP contribution is 2.47. The van der Waals surface area contributed by atoms with Gasteiger partial charge in [-0.3, -0.25) is 14.5 Å². The maximum absolute atomic E-state index is 14.4. The summed E-state index contributed by atoms with van der Waals surface area (Å²) >= 11 is 0. The van der Waals surface area contributed by atoms with Gasteiger partial charge in [0.25, 0.3) is 0 Å². The highest BCUT2D eigenvalue weighted by Gasteiger charge is 2.52. The molecule has 1 saturated carbocycles. The molecule has 0 spiro atoms. The van der Waals surface area contributed by atoms with E-state index in [2.05, 4.69) is 10.3 Å². The largest absolute Gasteiger partial charge is 0.490 e. The second kappa shape index (κ2) is 12.0. The fourth-order valence-electron chi connectivity index (χ4n) is 5.33. The van der Waals surface area contributed by atoms with Crippen LogP contribution in [-0.4, -0.2) is 70.8 Å². The number of rotatable bonds is 7. The minimum absolute atomic E-state index is 0.0382. The van der Waals surface area contributed by atoms with Gasteiger partial charge in [-0.25, -0.2) is 18.6 Å². The normalized spacial score (nSPS) is 24.7. The average molecular weight is 607 g/mol. The van der Waals surface area contributed by atoms with Crippen molar-refractivity contribution in [2.75, 3.05) is 13.7 Å². The van der Waals surface area contributed by atoms with E-state index < -0.39 is 41.0 Å². The summed E-state index contributed by atoms with van der Waals surface area (Å²) in [4.78, 5) is 41.1. The van der Waals surface area contributed by atoms with Crippen LogP contribution >= 0.6 is 0 Å². The minimum atomic E-state index is -5.08. The molecule has 0 bridgehead atoms.